The molecule has 2 aliphatic rings. The lowest BCUT2D eigenvalue weighted by Crippen LogP contribution is -2.52. The number of para-hydroxylation sites is 2. The summed E-state index contributed by atoms with van der Waals surface area (Å²) >= 11 is 0. The maximum absolute atomic E-state index is 12.3. The van der Waals surface area contributed by atoms with Crippen molar-refractivity contribution in [3.05, 3.63) is 54.1 Å². The molecule has 0 radical (unpaired) electrons. The van der Waals surface area contributed by atoms with E-state index in [9.17, 15) is 19.2 Å². The smallest absolute Gasteiger partial charge is 0.283 e. The number of carbonyl (C=O) groups is 4. The summed E-state index contributed by atoms with van der Waals surface area (Å²) in [6, 6.07) is 13.5. The Bertz CT molecular complexity index is 1040. The van der Waals surface area contributed by atoms with Gasteiger partial charge in [-0.15, -0.1) is 0 Å². The summed E-state index contributed by atoms with van der Waals surface area (Å²) < 4.78 is 11.0. The molecule has 0 saturated carbocycles. The summed E-state index contributed by atoms with van der Waals surface area (Å²) in [6.07, 6.45) is 0.432. The van der Waals surface area contributed by atoms with Gasteiger partial charge in [0.25, 0.3) is 17.7 Å². The molecular weight excluding hydrogens is 416 g/mol. The predicted molar refractivity (Wildman–Crippen MR) is 113 cm³/mol. The summed E-state index contributed by atoms with van der Waals surface area (Å²) in [5.41, 5.74) is 5.57. The zero-order valence-corrected chi connectivity index (χ0v) is 17.1. The molecule has 10 nitrogen and oxygen atoms in total. The molecule has 2 heterocycles. The zero-order valence-electron chi connectivity index (χ0n) is 17.1. The summed E-state index contributed by atoms with van der Waals surface area (Å²) in [5, 5.41) is 2.47. The van der Waals surface area contributed by atoms with Crippen LogP contribution < -0.4 is 30.5 Å². The maximum Gasteiger partial charge on any atom is 0.283 e. The lowest BCUT2D eigenvalue weighted by Gasteiger charge is -2.25. The van der Waals surface area contributed by atoms with Crippen molar-refractivity contribution in [1.82, 2.24) is 16.2 Å². The van der Waals surface area contributed by atoms with Crippen molar-refractivity contribution in [2.75, 3.05) is 24.6 Å². The molecule has 166 valence electrons. The highest BCUT2D eigenvalue weighted by Gasteiger charge is 2.27. The van der Waals surface area contributed by atoms with Crippen LogP contribution in [0.3, 0.4) is 0 Å². The molecule has 3 N–H and O–H groups in total. The number of rotatable bonds is 5. The van der Waals surface area contributed by atoms with Crippen molar-refractivity contribution >= 4 is 29.3 Å². The van der Waals surface area contributed by atoms with Gasteiger partial charge in [-0.3, -0.25) is 30.0 Å². The van der Waals surface area contributed by atoms with E-state index >= 15 is 0 Å². The fourth-order valence-electron chi connectivity index (χ4n) is 3.38. The summed E-state index contributed by atoms with van der Waals surface area (Å²) in [7, 11) is 0. The first-order valence-corrected chi connectivity index (χ1v) is 10.2. The second-order valence-electron chi connectivity index (χ2n) is 7.28. The fourth-order valence-corrected chi connectivity index (χ4v) is 3.38. The number of anilines is 1. The third-order valence-corrected chi connectivity index (χ3v) is 5.05. The van der Waals surface area contributed by atoms with Gasteiger partial charge in [0.1, 0.15) is 6.61 Å². The van der Waals surface area contributed by atoms with Gasteiger partial charge in [0, 0.05) is 24.2 Å². The minimum atomic E-state index is -0.916. The first kappa shape index (κ1) is 21.2. The third-order valence-electron chi connectivity index (χ3n) is 5.05. The summed E-state index contributed by atoms with van der Waals surface area (Å²) in [6.45, 7) is 0.339. The number of amides is 4. The Balaban J connectivity index is 1.20. The van der Waals surface area contributed by atoms with E-state index in [0.29, 0.717) is 30.0 Å². The van der Waals surface area contributed by atoms with E-state index in [1.807, 2.05) is 0 Å². The van der Waals surface area contributed by atoms with Crippen molar-refractivity contribution < 1.29 is 28.7 Å². The summed E-state index contributed by atoms with van der Waals surface area (Å²) in [4.78, 5) is 49.9. The Morgan fingerprint density at radius 1 is 1.00 bits per heavy atom. The first-order chi connectivity index (χ1) is 15.5. The number of carbonyl (C=O) groups excluding carboxylic acids is 4. The van der Waals surface area contributed by atoms with Gasteiger partial charge in [-0.05, 0) is 42.8 Å². The van der Waals surface area contributed by atoms with Crippen LogP contribution in [0.1, 0.15) is 23.2 Å². The molecule has 0 aromatic heterocycles. The van der Waals surface area contributed by atoms with Crippen LogP contribution in [0.4, 0.5) is 5.69 Å². The Labute approximate surface area is 183 Å². The summed E-state index contributed by atoms with van der Waals surface area (Å²) in [5.74, 6) is -0.586. The number of nitrogens with one attached hydrogen (secondary N) is 3. The maximum atomic E-state index is 12.3. The number of benzene rings is 2. The van der Waals surface area contributed by atoms with Crippen molar-refractivity contribution in [2.24, 2.45) is 0 Å². The van der Waals surface area contributed by atoms with Gasteiger partial charge in [0.2, 0.25) is 12.0 Å². The normalized spacial score (nSPS) is 16.9. The van der Waals surface area contributed by atoms with Crippen LogP contribution in [0.2, 0.25) is 0 Å². The van der Waals surface area contributed by atoms with Crippen molar-refractivity contribution in [1.29, 1.82) is 0 Å². The number of fused-ring (bicyclic) bond motifs is 1. The molecule has 1 saturated heterocycles. The molecule has 2 aromatic rings. The third kappa shape index (κ3) is 4.80. The van der Waals surface area contributed by atoms with E-state index in [1.54, 1.807) is 53.4 Å². The molecular formula is C22H22N4O6. The molecule has 4 amide bonds. The Morgan fingerprint density at radius 2 is 1.75 bits per heavy atom. The van der Waals surface area contributed by atoms with Gasteiger partial charge in [0.05, 0.1) is 6.54 Å². The Kier molecular flexibility index (Phi) is 6.20. The number of hydrogen-bond donors (Lipinski definition) is 3. The second kappa shape index (κ2) is 9.38. The number of nitrogens with zero attached hydrogens (tertiary/aromatic N) is 1. The highest BCUT2D eigenvalue weighted by Crippen LogP contribution is 2.30. The van der Waals surface area contributed by atoms with Crippen molar-refractivity contribution in [3.8, 4) is 11.5 Å². The molecule has 2 aromatic carbocycles. The monoisotopic (exact) mass is 438 g/mol. The van der Waals surface area contributed by atoms with Gasteiger partial charge in [-0.1, -0.05) is 12.1 Å². The van der Waals surface area contributed by atoms with Gasteiger partial charge in [-0.2, -0.15) is 0 Å². The van der Waals surface area contributed by atoms with Crippen molar-refractivity contribution in [2.45, 2.75) is 18.9 Å². The lowest BCUT2D eigenvalue weighted by molar-refractivity contribution is -0.134. The van der Waals surface area contributed by atoms with E-state index in [1.165, 1.54) is 0 Å². The van der Waals surface area contributed by atoms with Crippen LogP contribution in [0, 0.1) is 0 Å². The van der Waals surface area contributed by atoms with Gasteiger partial charge >= 0.3 is 0 Å². The number of hydrazine groups is 1. The number of hydrogen-bond acceptors (Lipinski definition) is 6. The van der Waals surface area contributed by atoms with E-state index in [2.05, 4.69) is 16.2 Å². The molecule has 0 spiro atoms. The van der Waals surface area contributed by atoms with E-state index in [0.717, 1.165) is 12.1 Å². The molecule has 0 aliphatic carbocycles. The molecule has 32 heavy (non-hydrogen) atoms. The van der Waals surface area contributed by atoms with E-state index in [-0.39, 0.29) is 19.1 Å². The van der Waals surface area contributed by atoms with Crippen LogP contribution >= 0.6 is 0 Å². The minimum absolute atomic E-state index is 0.00841. The van der Waals surface area contributed by atoms with Crippen molar-refractivity contribution in [3.63, 3.8) is 0 Å². The van der Waals surface area contributed by atoms with E-state index < -0.39 is 23.8 Å². The molecule has 4 rings (SSSR count). The van der Waals surface area contributed by atoms with Crippen LogP contribution in [-0.4, -0.2) is 49.4 Å². The van der Waals surface area contributed by atoms with Crippen LogP contribution in [0.5, 0.6) is 11.5 Å². The van der Waals surface area contributed by atoms with Crippen LogP contribution in [0.25, 0.3) is 0 Å². The SMILES string of the molecule is O=C(CNC(=O)c1ccc(N2CCCC2=O)cc1)NNC(=O)C1COc2ccccc2O1. The minimum Gasteiger partial charge on any atom is -0.485 e. The van der Waals surface area contributed by atoms with Gasteiger partial charge in [0.15, 0.2) is 11.5 Å². The first-order valence-electron chi connectivity index (χ1n) is 10.2. The topological polar surface area (TPSA) is 126 Å². The predicted octanol–water partition coefficient (Wildman–Crippen LogP) is 0.531. The van der Waals surface area contributed by atoms with Gasteiger partial charge in [-0.25, -0.2) is 0 Å². The van der Waals surface area contributed by atoms with Crippen LogP contribution in [-0.2, 0) is 14.4 Å². The largest absolute Gasteiger partial charge is 0.485 e. The zero-order chi connectivity index (χ0) is 22.5. The second-order valence-corrected chi connectivity index (χ2v) is 7.28. The fraction of sp³-hybridized carbons (Fsp3) is 0.273. The quantitative estimate of drug-likeness (QED) is 0.585. The molecule has 1 fully saturated rings. The highest BCUT2D eigenvalue weighted by atomic mass is 16.6. The molecule has 2 aliphatic heterocycles. The molecule has 1 unspecified atom stereocenters. The average molecular weight is 438 g/mol. The average Bonchev–Trinajstić information content (AvgIpc) is 3.26. The van der Waals surface area contributed by atoms with Gasteiger partial charge < -0.3 is 19.7 Å². The lowest BCUT2D eigenvalue weighted by atomic mass is 10.2. The Morgan fingerprint density at radius 3 is 2.47 bits per heavy atom. The van der Waals surface area contributed by atoms with Crippen LogP contribution in [0.15, 0.2) is 48.5 Å². The van der Waals surface area contributed by atoms with E-state index in [4.69, 9.17) is 9.47 Å². The Hall–Kier alpha value is -4.08. The molecule has 1 atom stereocenters. The number of ether oxygens (including phenoxy) is 2. The molecule has 10 heteroatoms. The molecule has 0 bridgehead atoms. The highest BCUT2D eigenvalue weighted by molar-refractivity contribution is 5.98. The standard InChI is InChI=1S/C22H22N4O6/c27-19(24-25-22(30)18-13-31-16-4-1-2-5-17(16)32-18)12-23-21(29)14-7-9-15(10-8-14)26-11-3-6-20(26)28/h1-2,4-5,7-10,18H,3,6,11-13H2,(H,23,29)(H,24,27)(H,25,30).